The third kappa shape index (κ3) is 6.89. The van der Waals surface area contributed by atoms with Gasteiger partial charge in [0.1, 0.15) is 11.4 Å². The molecule has 0 spiro atoms. The minimum absolute atomic E-state index is 0.0748. The maximum atomic E-state index is 16.6. The van der Waals surface area contributed by atoms with Gasteiger partial charge in [0, 0.05) is 54.8 Å². The van der Waals surface area contributed by atoms with E-state index in [1.165, 1.54) is 29.4 Å². The predicted octanol–water partition coefficient (Wildman–Crippen LogP) is 16.2. The van der Waals surface area contributed by atoms with E-state index >= 15 is 17.6 Å². The summed E-state index contributed by atoms with van der Waals surface area (Å²) in [4.78, 5) is 4.90. The Morgan fingerprint density at radius 1 is 0.726 bits per heavy atom. The number of halogens is 4. The van der Waals surface area contributed by atoms with Crippen LogP contribution in [0, 0.1) is 36.1 Å². The molecule has 3 unspecified atom stereocenters. The van der Waals surface area contributed by atoms with Crippen LogP contribution in [0.4, 0.5) is 51.7 Å². The maximum Gasteiger partial charge on any atom is 0.264 e. The van der Waals surface area contributed by atoms with Gasteiger partial charge in [-0.05, 0) is 155 Å². The molecule has 0 radical (unpaired) electrons. The molecule has 0 bridgehead atoms. The van der Waals surface area contributed by atoms with Gasteiger partial charge in [-0.1, -0.05) is 128 Å². The van der Waals surface area contributed by atoms with Crippen molar-refractivity contribution in [2.45, 2.75) is 110 Å². The van der Waals surface area contributed by atoms with Gasteiger partial charge in [0.2, 0.25) is 0 Å². The summed E-state index contributed by atoms with van der Waals surface area (Å²) in [6.45, 7) is 22.6. The summed E-state index contributed by atoms with van der Waals surface area (Å²) in [5.41, 5.74) is 12.6. The van der Waals surface area contributed by atoms with Gasteiger partial charge in [0.15, 0.2) is 23.3 Å². The Hall–Kier alpha value is -6.58. The minimum Gasteiger partial charge on any atom is -0.481 e. The minimum atomic E-state index is -1.86. The van der Waals surface area contributed by atoms with Crippen molar-refractivity contribution in [1.82, 2.24) is 0 Å². The van der Waals surface area contributed by atoms with Crippen molar-refractivity contribution in [2.24, 2.45) is 5.92 Å². The number of fused-ring (bicyclic) bond motifs is 7. The normalized spacial score (nSPS) is 20.5. The van der Waals surface area contributed by atoms with Crippen LogP contribution in [-0.4, -0.2) is 6.71 Å². The quantitative estimate of drug-likeness (QED) is 0.0715. The van der Waals surface area contributed by atoms with Gasteiger partial charge in [-0.3, -0.25) is 0 Å². The fraction of sp³-hybridized carbons (Fsp3) is 0.281. The Kier molecular flexibility index (Phi) is 10.7. The van der Waals surface area contributed by atoms with Crippen LogP contribution in [0.25, 0.3) is 16.0 Å². The zero-order valence-corrected chi connectivity index (χ0v) is 43.9. The van der Waals surface area contributed by atoms with E-state index in [9.17, 15) is 0 Å². The molecule has 5 aliphatic rings. The first-order valence-corrected chi connectivity index (χ1v) is 26.5. The third-order valence-corrected chi connectivity index (χ3v) is 17.7. The lowest BCUT2D eigenvalue weighted by molar-refractivity contribution is 0.0526. The molecule has 1 fully saturated rings. The largest absolute Gasteiger partial charge is 0.481 e. The molecule has 2 aliphatic carbocycles. The van der Waals surface area contributed by atoms with Crippen molar-refractivity contribution in [3.8, 4) is 16.2 Å². The fourth-order valence-electron chi connectivity index (χ4n) is 12.9. The van der Waals surface area contributed by atoms with Gasteiger partial charge in [-0.25, -0.2) is 17.6 Å². The molecule has 3 aliphatic heterocycles. The van der Waals surface area contributed by atoms with Gasteiger partial charge < -0.3 is 14.5 Å². The molecule has 3 nitrogen and oxygen atoms in total. The van der Waals surface area contributed by atoms with Crippen molar-refractivity contribution in [1.29, 1.82) is 0 Å². The molecule has 1 saturated carbocycles. The molecule has 9 heteroatoms. The van der Waals surface area contributed by atoms with E-state index in [1.807, 2.05) is 6.07 Å². The predicted molar refractivity (Wildman–Crippen MR) is 296 cm³/mol. The van der Waals surface area contributed by atoms with E-state index in [0.29, 0.717) is 5.92 Å². The molecule has 4 heterocycles. The van der Waals surface area contributed by atoms with Gasteiger partial charge in [0.25, 0.3) is 6.71 Å². The molecule has 12 rings (SSSR count). The number of hydrogen-bond donors (Lipinski definition) is 0. The molecular weight excluding hydrogens is 932 g/mol. The van der Waals surface area contributed by atoms with Crippen LogP contribution in [0.5, 0.6) is 5.75 Å². The third-order valence-electron chi connectivity index (χ3n) is 16.5. The Morgan fingerprint density at radius 2 is 1.33 bits per heavy atom. The molecular formula is C64H59BF4N2OS. The number of anilines is 6. The smallest absolute Gasteiger partial charge is 0.264 e. The van der Waals surface area contributed by atoms with Crippen molar-refractivity contribution >= 4 is 73.4 Å². The first-order chi connectivity index (χ1) is 34.7. The average molecular weight is 991 g/mol. The van der Waals surface area contributed by atoms with Crippen LogP contribution >= 0.6 is 11.3 Å². The highest BCUT2D eigenvalue weighted by Gasteiger charge is 2.65. The maximum absolute atomic E-state index is 16.6. The Labute approximate surface area is 431 Å². The van der Waals surface area contributed by atoms with Crippen LogP contribution < -0.4 is 30.2 Å². The second-order valence-electron chi connectivity index (χ2n) is 23.3. The molecule has 7 aromatic rings. The molecule has 0 amide bonds. The van der Waals surface area contributed by atoms with Crippen molar-refractivity contribution < 1.29 is 22.3 Å². The van der Waals surface area contributed by atoms with E-state index in [2.05, 4.69) is 193 Å². The summed E-state index contributed by atoms with van der Waals surface area (Å²) in [6.07, 6.45) is 10.8. The van der Waals surface area contributed by atoms with Gasteiger partial charge >= 0.3 is 0 Å². The Morgan fingerprint density at radius 3 is 1.90 bits per heavy atom. The molecule has 0 N–H and O–H groups in total. The lowest BCUT2D eigenvalue weighted by Crippen LogP contribution is -2.60. The van der Waals surface area contributed by atoms with Gasteiger partial charge in [-0.2, -0.15) is 0 Å². The first kappa shape index (κ1) is 47.4. The highest BCUT2D eigenvalue weighted by atomic mass is 32.1. The van der Waals surface area contributed by atoms with Crippen LogP contribution in [-0.2, 0) is 21.8 Å². The number of rotatable bonds is 6. The van der Waals surface area contributed by atoms with Crippen LogP contribution in [0.1, 0.15) is 114 Å². The van der Waals surface area contributed by atoms with E-state index in [0.717, 1.165) is 104 Å². The second kappa shape index (κ2) is 16.5. The number of allylic oxidation sites excluding steroid dienone is 4. The van der Waals surface area contributed by atoms with Crippen molar-refractivity contribution in [3.63, 3.8) is 0 Å². The summed E-state index contributed by atoms with van der Waals surface area (Å²) in [5.74, 6) is -5.37. The number of nitrogens with zero attached hydrogens (tertiary/aromatic N) is 2. The second-order valence-corrected chi connectivity index (χ2v) is 24.3. The number of benzene rings is 6. The van der Waals surface area contributed by atoms with Gasteiger partial charge in [-0.15, -0.1) is 11.3 Å². The summed E-state index contributed by atoms with van der Waals surface area (Å²) in [6, 6.07) is 39.2. The molecule has 1 aromatic heterocycles. The summed E-state index contributed by atoms with van der Waals surface area (Å²) < 4.78 is 72.0. The average Bonchev–Trinajstić information content (AvgIpc) is 4.04. The van der Waals surface area contributed by atoms with E-state index in [4.69, 9.17) is 4.74 Å². The monoisotopic (exact) mass is 990 g/mol. The number of aryl methyl sites for hydroxylation is 1. The SMILES string of the molecule is C=C(C)c1c(F)c(F)c(F)c(F)c1-c1cc2c(s1)B1c3cc4c(cc3N(c3ccc(C(C)(C)C)cc3)c3cc(C)cc(c31)N2c1ccc(C(C)(C)C)cc1)C1(C2=CCC(C)C=C2)CCCC1(c1ccccc1)O4. The molecule has 0 saturated heterocycles. The van der Waals surface area contributed by atoms with Crippen molar-refractivity contribution in [3.05, 3.63) is 196 Å². The summed E-state index contributed by atoms with van der Waals surface area (Å²) >= 11 is 1.28. The van der Waals surface area contributed by atoms with E-state index < -0.39 is 41.0 Å². The number of ether oxygens (including phenoxy) is 1. The zero-order chi connectivity index (χ0) is 51.3. The molecule has 6 aromatic carbocycles. The molecule has 368 valence electrons. The molecule has 3 atom stereocenters. The highest BCUT2D eigenvalue weighted by molar-refractivity contribution is 7.31. The van der Waals surface area contributed by atoms with E-state index in [1.54, 1.807) is 0 Å². The standard InChI is InChI=1S/C64H59BF4N2OS/c1-36(2)53-54(57(67)59(69)58(68)56(53)66)52-35-50-60(73-52)65-46-34-51-45(63(41-19-17-37(3)18-20-41)29-14-30-64(63,72-51)42-15-12-11-13-16-42)33-47(46)70(43-25-21-39(22-26-43)61(5,6)7)48-31-38(4)32-49(55(48)65)71(50)44-27-23-40(24-28-44)62(8,9)10/h11-13,15-17,19-28,31-35,37H,1,14,18,29-30H2,2-10H3. The topological polar surface area (TPSA) is 15.7 Å². The van der Waals surface area contributed by atoms with Crippen LogP contribution in [0.15, 0.2) is 140 Å². The zero-order valence-electron chi connectivity index (χ0n) is 43.0. The van der Waals surface area contributed by atoms with Gasteiger partial charge in [0.05, 0.1) is 11.1 Å². The van der Waals surface area contributed by atoms with Crippen LogP contribution in [0.3, 0.4) is 0 Å². The number of thiophene rings is 1. The van der Waals surface area contributed by atoms with E-state index in [-0.39, 0.29) is 32.4 Å². The fourth-order valence-corrected chi connectivity index (χ4v) is 14.2. The lowest BCUT2D eigenvalue weighted by atomic mass is 9.36. The Bertz CT molecular complexity index is 3530. The summed E-state index contributed by atoms with van der Waals surface area (Å²) in [7, 11) is 0. The molecule has 73 heavy (non-hydrogen) atoms. The van der Waals surface area contributed by atoms with Crippen LogP contribution in [0.2, 0.25) is 0 Å². The van der Waals surface area contributed by atoms with Crippen molar-refractivity contribution in [2.75, 3.05) is 9.80 Å². The number of hydrogen-bond acceptors (Lipinski definition) is 4. The lowest BCUT2D eigenvalue weighted by Gasteiger charge is -2.44. The highest BCUT2D eigenvalue weighted by Crippen LogP contribution is 2.67. The Balaban J connectivity index is 1.18. The first-order valence-electron chi connectivity index (χ1n) is 25.7. The summed E-state index contributed by atoms with van der Waals surface area (Å²) in [5, 5.41) is 0.